The molecule has 1 saturated heterocycles. The van der Waals surface area contributed by atoms with Crippen molar-refractivity contribution >= 4 is 0 Å². The van der Waals surface area contributed by atoms with E-state index >= 15 is 0 Å². The Morgan fingerprint density at radius 2 is 1.76 bits per heavy atom. The number of aliphatic hydroxyl groups excluding tert-OH is 1. The highest BCUT2D eigenvalue weighted by Gasteiger charge is 2.42. The first-order valence-electron chi connectivity index (χ1n) is 10.4. The molecule has 2 aliphatic heterocycles. The number of aliphatic hydroxyl groups is 1. The Hall–Kier alpha value is -2.31. The number of benzene rings is 2. The highest BCUT2D eigenvalue weighted by atomic mass is 19.1. The van der Waals surface area contributed by atoms with E-state index in [1.807, 2.05) is 30.3 Å². The fourth-order valence-corrected chi connectivity index (χ4v) is 4.86. The molecule has 2 fully saturated rings. The van der Waals surface area contributed by atoms with Crippen molar-refractivity contribution in [1.82, 2.24) is 4.90 Å². The minimum atomic E-state index is -0.460. The van der Waals surface area contributed by atoms with E-state index in [0.29, 0.717) is 23.3 Å². The molecule has 2 aromatic carbocycles. The summed E-state index contributed by atoms with van der Waals surface area (Å²) in [5, 5.41) is 10.7. The second-order valence-corrected chi connectivity index (χ2v) is 8.37. The molecule has 2 aromatic rings. The van der Waals surface area contributed by atoms with Crippen LogP contribution in [0.2, 0.25) is 0 Å². The standard InChI is InChI=1S/C23H26FNO4/c24-18-3-1-15(2-4-18)7-8-25-12-16-9-20(26)22(10-17(16)13-25)29-19-5-6-21-23(11-19)28-14-27-21/h1-6,11,16-17,20,22,26H,7-10,12-14H2/t16-,17+,20+,22+/m0/s1. The lowest BCUT2D eigenvalue weighted by Crippen LogP contribution is -2.42. The van der Waals surface area contributed by atoms with Gasteiger partial charge in [-0.1, -0.05) is 12.1 Å². The largest absolute Gasteiger partial charge is 0.488 e. The molecule has 1 N–H and O–H groups in total. The predicted molar refractivity (Wildman–Crippen MR) is 106 cm³/mol. The highest BCUT2D eigenvalue weighted by Crippen LogP contribution is 2.40. The maximum absolute atomic E-state index is 13.1. The lowest BCUT2D eigenvalue weighted by Gasteiger charge is -2.35. The molecule has 5 nitrogen and oxygen atoms in total. The van der Waals surface area contributed by atoms with E-state index in [1.165, 1.54) is 12.1 Å². The maximum atomic E-state index is 13.1. The molecule has 0 spiro atoms. The molecule has 5 rings (SSSR count). The second-order valence-electron chi connectivity index (χ2n) is 8.37. The Morgan fingerprint density at radius 3 is 2.59 bits per heavy atom. The summed E-state index contributed by atoms with van der Waals surface area (Å²) in [6.45, 7) is 3.24. The highest BCUT2D eigenvalue weighted by molar-refractivity contribution is 5.47. The van der Waals surface area contributed by atoms with Crippen molar-refractivity contribution in [2.75, 3.05) is 26.4 Å². The van der Waals surface area contributed by atoms with Gasteiger partial charge in [-0.15, -0.1) is 0 Å². The van der Waals surface area contributed by atoms with Gasteiger partial charge in [-0.25, -0.2) is 4.39 Å². The predicted octanol–water partition coefficient (Wildman–Crippen LogP) is 3.25. The van der Waals surface area contributed by atoms with E-state index in [1.54, 1.807) is 0 Å². The van der Waals surface area contributed by atoms with Crippen molar-refractivity contribution < 1.29 is 23.7 Å². The SMILES string of the molecule is O[C@@H]1C[C@H]2CN(CCc3ccc(F)cc3)C[C@H]2C[C@H]1Oc1ccc2c(c1)OCO2. The zero-order valence-corrected chi connectivity index (χ0v) is 16.3. The normalized spacial score (nSPS) is 28.3. The second kappa shape index (κ2) is 7.84. The van der Waals surface area contributed by atoms with E-state index < -0.39 is 6.10 Å². The first kappa shape index (κ1) is 18.7. The smallest absolute Gasteiger partial charge is 0.231 e. The summed E-state index contributed by atoms with van der Waals surface area (Å²) < 4.78 is 30.0. The summed E-state index contributed by atoms with van der Waals surface area (Å²) in [4.78, 5) is 2.47. The monoisotopic (exact) mass is 399 g/mol. The van der Waals surface area contributed by atoms with E-state index in [0.717, 1.165) is 50.2 Å². The van der Waals surface area contributed by atoms with Crippen LogP contribution < -0.4 is 14.2 Å². The average molecular weight is 399 g/mol. The number of ether oxygens (including phenoxy) is 3. The number of nitrogens with zero attached hydrogens (tertiary/aromatic N) is 1. The molecule has 0 radical (unpaired) electrons. The Labute approximate surface area is 170 Å². The van der Waals surface area contributed by atoms with Crippen LogP contribution in [0.5, 0.6) is 17.2 Å². The van der Waals surface area contributed by atoms with Crippen LogP contribution >= 0.6 is 0 Å². The molecule has 6 heteroatoms. The van der Waals surface area contributed by atoms with E-state index in [2.05, 4.69) is 4.90 Å². The van der Waals surface area contributed by atoms with Crippen molar-refractivity contribution in [3.63, 3.8) is 0 Å². The van der Waals surface area contributed by atoms with Gasteiger partial charge >= 0.3 is 0 Å². The van der Waals surface area contributed by atoms with Crippen molar-refractivity contribution in [2.45, 2.75) is 31.5 Å². The van der Waals surface area contributed by atoms with Crippen LogP contribution in [-0.2, 0) is 6.42 Å². The van der Waals surface area contributed by atoms with Gasteiger partial charge in [0, 0.05) is 25.7 Å². The number of hydrogen-bond acceptors (Lipinski definition) is 5. The molecule has 0 unspecified atom stereocenters. The van der Waals surface area contributed by atoms with Crippen LogP contribution in [0.15, 0.2) is 42.5 Å². The van der Waals surface area contributed by atoms with Crippen LogP contribution in [-0.4, -0.2) is 48.6 Å². The van der Waals surface area contributed by atoms with Crippen molar-refractivity contribution in [2.24, 2.45) is 11.8 Å². The van der Waals surface area contributed by atoms with E-state index in [9.17, 15) is 9.50 Å². The summed E-state index contributed by atoms with van der Waals surface area (Å²) in [5.41, 5.74) is 1.16. The number of likely N-dealkylation sites (tertiary alicyclic amines) is 1. The molecule has 4 atom stereocenters. The first-order valence-corrected chi connectivity index (χ1v) is 10.4. The number of halogens is 1. The topological polar surface area (TPSA) is 51.2 Å². The molecule has 1 aliphatic carbocycles. The van der Waals surface area contributed by atoms with Gasteiger partial charge in [0.1, 0.15) is 17.7 Å². The van der Waals surface area contributed by atoms with Crippen molar-refractivity contribution in [3.8, 4) is 17.2 Å². The van der Waals surface area contributed by atoms with Crippen LogP contribution in [0, 0.1) is 17.7 Å². The molecule has 2 heterocycles. The van der Waals surface area contributed by atoms with Gasteiger partial charge in [0.15, 0.2) is 11.5 Å². The molecule has 3 aliphatic rings. The molecule has 0 bridgehead atoms. The molecule has 0 amide bonds. The third kappa shape index (κ3) is 4.05. The van der Waals surface area contributed by atoms with Gasteiger partial charge in [0.05, 0.1) is 6.10 Å². The minimum Gasteiger partial charge on any atom is -0.488 e. The fraction of sp³-hybridized carbons (Fsp3) is 0.478. The van der Waals surface area contributed by atoms with E-state index in [4.69, 9.17) is 14.2 Å². The minimum absolute atomic E-state index is 0.191. The van der Waals surface area contributed by atoms with Gasteiger partial charge in [-0.05, 0) is 60.9 Å². The average Bonchev–Trinajstić information content (AvgIpc) is 3.33. The molecule has 154 valence electrons. The van der Waals surface area contributed by atoms with Gasteiger partial charge in [-0.2, -0.15) is 0 Å². The Morgan fingerprint density at radius 1 is 1.00 bits per heavy atom. The van der Waals surface area contributed by atoms with Crippen LogP contribution in [0.3, 0.4) is 0 Å². The van der Waals surface area contributed by atoms with Crippen LogP contribution in [0.1, 0.15) is 18.4 Å². The number of rotatable bonds is 5. The third-order valence-electron chi connectivity index (χ3n) is 6.42. The Kier molecular flexibility index (Phi) is 5.06. The van der Waals surface area contributed by atoms with Gasteiger partial charge < -0.3 is 24.2 Å². The molecule has 0 aromatic heterocycles. The van der Waals surface area contributed by atoms with Gasteiger partial charge in [0.25, 0.3) is 0 Å². The third-order valence-corrected chi connectivity index (χ3v) is 6.42. The Bertz CT molecular complexity index is 858. The van der Waals surface area contributed by atoms with Crippen molar-refractivity contribution in [3.05, 3.63) is 53.8 Å². The van der Waals surface area contributed by atoms with Crippen LogP contribution in [0.25, 0.3) is 0 Å². The summed E-state index contributed by atoms with van der Waals surface area (Å²) >= 11 is 0. The zero-order chi connectivity index (χ0) is 19.8. The Balaban J connectivity index is 1.17. The lowest BCUT2D eigenvalue weighted by molar-refractivity contribution is -0.0232. The summed E-state index contributed by atoms with van der Waals surface area (Å²) in [6.07, 6.45) is 1.88. The summed E-state index contributed by atoms with van der Waals surface area (Å²) in [6, 6.07) is 12.3. The first-order chi connectivity index (χ1) is 14.1. The lowest BCUT2D eigenvalue weighted by atomic mass is 9.78. The van der Waals surface area contributed by atoms with E-state index in [-0.39, 0.29) is 18.7 Å². The summed E-state index contributed by atoms with van der Waals surface area (Å²) in [5.74, 6) is 2.99. The fourth-order valence-electron chi connectivity index (χ4n) is 4.86. The van der Waals surface area contributed by atoms with Crippen LogP contribution in [0.4, 0.5) is 4.39 Å². The number of fused-ring (bicyclic) bond motifs is 2. The quantitative estimate of drug-likeness (QED) is 0.837. The zero-order valence-electron chi connectivity index (χ0n) is 16.3. The molecule has 29 heavy (non-hydrogen) atoms. The molecule has 1 saturated carbocycles. The van der Waals surface area contributed by atoms with Crippen molar-refractivity contribution in [1.29, 1.82) is 0 Å². The maximum Gasteiger partial charge on any atom is 0.231 e. The molecular weight excluding hydrogens is 373 g/mol. The van der Waals surface area contributed by atoms with Gasteiger partial charge in [-0.3, -0.25) is 0 Å². The number of hydrogen-bond donors (Lipinski definition) is 1. The van der Waals surface area contributed by atoms with Gasteiger partial charge in [0.2, 0.25) is 6.79 Å². The molecular formula is C23H26FNO4. The summed E-state index contributed by atoms with van der Waals surface area (Å²) in [7, 11) is 0.